The van der Waals surface area contributed by atoms with Crippen molar-refractivity contribution < 1.29 is 0 Å². The second-order valence-electron chi connectivity index (χ2n) is 4.75. The maximum absolute atomic E-state index is 8.70. The van der Waals surface area contributed by atoms with Gasteiger partial charge in [-0.05, 0) is 24.8 Å². The number of nitrogens with zero attached hydrogens (tertiary/aromatic N) is 1. The van der Waals surface area contributed by atoms with Crippen LogP contribution in [0.5, 0.6) is 0 Å². The molecule has 0 fully saturated rings. The van der Waals surface area contributed by atoms with E-state index >= 15 is 0 Å². The molecule has 0 aliphatic rings. The van der Waals surface area contributed by atoms with Crippen molar-refractivity contribution in [2.45, 2.75) is 40.5 Å². The van der Waals surface area contributed by atoms with E-state index in [1.54, 1.807) is 0 Å². The molecule has 0 heterocycles. The predicted molar refractivity (Wildman–Crippen MR) is 56.3 cm³/mol. The summed E-state index contributed by atoms with van der Waals surface area (Å²) in [6.45, 7) is 10.6. The molecule has 0 aliphatic heterocycles. The summed E-state index contributed by atoms with van der Waals surface area (Å²) in [5, 5.41) is 12.0. The minimum absolute atomic E-state index is 0.181. The van der Waals surface area contributed by atoms with Gasteiger partial charge in [-0.3, -0.25) is 0 Å². The second kappa shape index (κ2) is 5.99. The Morgan fingerprint density at radius 1 is 1.38 bits per heavy atom. The van der Waals surface area contributed by atoms with Crippen LogP contribution in [-0.4, -0.2) is 13.1 Å². The van der Waals surface area contributed by atoms with E-state index in [-0.39, 0.29) is 5.92 Å². The normalized spacial score (nSPS) is 13.8. The van der Waals surface area contributed by atoms with Gasteiger partial charge < -0.3 is 5.32 Å². The minimum atomic E-state index is 0.181. The molecule has 0 saturated carbocycles. The lowest BCUT2D eigenvalue weighted by Gasteiger charge is -2.18. The molecule has 0 rings (SSSR count). The van der Waals surface area contributed by atoms with Crippen LogP contribution in [0.4, 0.5) is 0 Å². The van der Waals surface area contributed by atoms with Crippen molar-refractivity contribution in [3.8, 4) is 6.07 Å². The third kappa shape index (κ3) is 7.80. The average Bonchev–Trinajstić information content (AvgIpc) is 2.03. The molecule has 2 heteroatoms. The topological polar surface area (TPSA) is 35.8 Å². The minimum Gasteiger partial charge on any atom is -0.315 e. The lowest BCUT2D eigenvalue weighted by molar-refractivity contribution is 0.362. The largest absolute Gasteiger partial charge is 0.315 e. The highest BCUT2D eigenvalue weighted by atomic mass is 14.9. The first-order valence-corrected chi connectivity index (χ1v) is 5.10. The molecule has 0 aromatic rings. The average molecular weight is 182 g/mol. The van der Waals surface area contributed by atoms with Crippen LogP contribution in [0.25, 0.3) is 0 Å². The summed E-state index contributed by atoms with van der Waals surface area (Å²) < 4.78 is 0. The maximum atomic E-state index is 8.70. The molecule has 13 heavy (non-hydrogen) atoms. The van der Waals surface area contributed by atoms with Gasteiger partial charge in [0.25, 0.3) is 0 Å². The Morgan fingerprint density at radius 3 is 2.38 bits per heavy atom. The van der Waals surface area contributed by atoms with Gasteiger partial charge in [0, 0.05) is 6.54 Å². The molecule has 76 valence electrons. The Morgan fingerprint density at radius 2 is 2.00 bits per heavy atom. The molecular weight excluding hydrogens is 160 g/mol. The first-order valence-electron chi connectivity index (χ1n) is 5.10. The smallest absolute Gasteiger partial charge is 0.0669 e. The van der Waals surface area contributed by atoms with Crippen LogP contribution in [0.15, 0.2) is 0 Å². The van der Waals surface area contributed by atoms with Crippen LogP contribution in [0.1, 0.15) is 40.5 Å². The Hall–Kier alpha value is -0.550. The number of hydrogen-bond donors (Lipinski definition) is 1. The van der Waals surface area contributed by atoms with Crippen LogP contribution in [0.2, 0.25) is 0 Å². The van der Waals surface area contributed by atoms with E-state index in [9.17, 15) is 0 Å². The van der Waals surface area contributed by atoms with Crippen molar-refractivity contribution in [2.75, 3.05) is 13.1 Å². The van der Waals surface area contributed by atoms with Gasteiger partial charge in [-0.15, -0.1) is 0 Å². The summed E-state index contributed by atoms with van der Waals surface area (Å²) in [5.74, 6) is 0.181. The molecule has 1 unspecified atom stereocenters. The Bertz CT molecular complexity index is 162. The van der Waals surface area contributed by atoms with Crippen LogP contribution in [0, 0.1) is 22.7 Å². The van der Waals surface area contributed by atoms with Crippen molar-refractivity contribution in [1.29, 1.82) is 5.26 Å². The lowest BCUT2D eigenvalue weighted by Crippen LogP contribution is -2.25. The van der Waals surface area contributed by atoms with Gasteiger partial charge in [0.1, 0.15) is 0 Å². The van der Waals surface area contributed by atoms with Crippen molar-refractivity contribution in [2.24, 2.45) is 11.3 Å². The highest BCUT2D eigenvalue weighted by Crippen LogP contribution is 2.16. The molecular formula is C11H22N2. The van der Waals surface area contributed by atoms with Crippen molar-refractivity contribution in [1.82, 2.24) is 5.32 Å². The van der Waals surface area contributed by atoms with E-state index in [1.165, 1.54) is 0 Å². The number of hydrogen-bond acceptors (Lipinski definition) is 2. The van der Waals surface area contributed by atoms with Crippen LogP contribution < -0.4 is 5.32 Å². The molecule has 0 amide bonds. The fourth-order valence-corrected chi connectivity index (χ4v) is 1.02. The summed E-state index contributed by atoms with van der Waals surface area (Å²) in [5.41, 5.74) is 0.390. The Kier molecular flexibility index (Phi) is 5.73. The fourth-order valence-electron chi connectivity index (χ4n) is 1.02. The van der Waals surface area contributed by atoms with Crippen LogP contribution in [-0.2, 0) is 0 Å². The molecule has 0 aliphatic carbocycles. The standard InChI is InChI=1S/C11H22N2/c1-5-10(8-12)9-13-7-6-11(2,3)4/h10,13H,5-7,9H2,1-4H3. The molecule has 2 nitrogen and oxygen atoms in total. The third-order valence-corrected chi connectivity index (χ3v) is 2.12. The van der Waals surface area contributed by atoms with Crippen molar-refractivity contribution in [3.63, 3.8) is 0 Å². The van der Waals surface area contributed by atoms with Gasteiger partial charge in [-0.2, -0.15) is 5.26 Å². The van der Waals surface area contributed by atoms with Crippen LogP contribution >= 0.6 is 0 Å². The molecule has 0 spiro atoms. The highest BCUT2D eigenvalue weighted by Gasteiger charge is 2.09. The quantitative estimate of drug-likeness (QED) is 0.663. The zero-order valence-electron chi connectivity index (χ0n) is 9.35. The zero-order chi connectivity index (χ0) is 10.3. The van der Waals surface area contributed by atoms with Gasteiger partial charge in [0.05, 0.1) is 12.0 Å². The molecule has 0 aromatic heterocycles. The zero-order valence-corrected chi connectivity index (χ0v) is 9.35. The number of nitrogens with one attached hydrogen (secondary N) is 1. The summed E-state index contributed by atoms with van der Waals surface area (Å²) in [6, 6.07) is 2.29. The first-order chi connectivity index (χ1) is 5.99. The maximum Gasteiger partial charge on any atom is 0.0669 e. The summed E-state index contributed by atoms with van der Waals surface area (Å²) in [6.07, 6.45) is 2.11. The van der Waals surface area contributed by atoms with Crippen LogP contribution in [0.3, 0.4) is 0 Å². The SMILES string of the molecule is CCC(C#N)CNCCC(C)(C)C. The fraction of sp³-hybridized carbons (Fsp3) is 0.909. The van der Waals surface area contributed by atoms with Gasteiger partial charge in [-0.1, -0.05) is 27.7 Å². The van der Waals surface area contributed by atoms with E-state index in [0.717, 1.165) is 25.9 Å². The Balaban J connectivity index is 3.41. The third-order valence-electron chi connectivity index (χ3n) is 2.12. The molecule has 0 radical (unpaired) electrons. The monoisotopic (exact) mass is 182 g/mol. The lowest BCUT2D eigenvalue weighted by atomic mass is 9.92. The molecule has 1 N–H and O–H groups in total. The second-order valence-corrected chi connectivity index (χ2v) is 4.75. The van der Waals surface area contributed by atoms with E-state index in [0.29, 0.717) is 5.41 Å². The van der Waals surface area contributed by atoms with Crippen molar-refractivity contribution >= 4 is 0 Å². The number of rotatable bonds is 5. The summed E-state index contributed by atoms with van der Waals surface area (Å²) in [4.78, 5) is 0. The summed E-state index contributed by atoms with van der Waals surface area (Å²) >= 11 is 0. The molecule has 0 aromatic carbocycles. The van der Waals surface area contributed by atoms with E-state index in [4.69, 9.17) is 5.26 Å². The van der Waals surface area contributed by atoms with Gasteiger partial charge in [-0.25, -0.2) is 0 Å². The molecule has 0 saturated heterocycles. The van der Waals surface area contributed by atoms with E-state index in [2.05, 4.69) is 39.1 Å². The van der Waals surface area contributed by atoms with E-state index in [1.807, 2.05) is 0 Å². The molecule has 1 atom stereocenters. The van der Waals surface area contributed by atoms with Crippen molar-refractivity contribution in [3.05, 3.63) is 0 Å². The molecule has 0 bridgehead atoms. The number of nitriles is 1. The highest BCUT2D eigenvalue weighted by molar-refractivity contribution is 4.83. The van der Waals surface area contributed by atoms with Gasteiger partial charge in [0.15, 0.2) is 0 Å². The van der Waals surface area contributed by atoms with E-state index < -0.39 is 0 Å². The summed E-state index contributed by atoms with van der Waals surface area (Å²) in [7, 11) is 0. The Labute approximate surface area is 82.3 Å². The van der Waals surface area contributed by atoms with Gasteiger partial charge >= 0.3 is 0 Å². The predicted octanol–water partition coefficient (Wildman–Crippen LogP) is 2.56. The first kappa shape index (κ1) is 12.4. The van der Waals surface area contributed by atoms with Gasteiger partial charge in [0.2, 0.25) is 0 Å².